The number of hydrogen-bond acceptors (Lipinski definition) is 6. The second-order valence-electron chi connectivity index (χ2n) is 5.29. The summed E-state index contributed by atoms with van der Waals surface area (Å²) < 4.78 is 32.7. The van der Waals surface area contributed by atoms with Crippen LogP contribution in [0, 0.1) is 16.0 Å². The van der Waals surface area contributed by atoms with E-state index < -0.39 is 14.9 Å². The van der Waals surface area contributed by atoms with Crippen LogP contribution in [0.4, 0.5) is 5.69 Å². The minimum absolute atomic E-state index is 0.0386. The van der Waals surface area contributed by atoms with E-state index >= 15 is 0 Å². The number of hydrogen-bond donors (Lipinski definition) is 2. The van der Waals surface area contributed by atoms with Gasteiger partial charge in [0.15, 0.2) is 0 Å². The number of nitro groups is 1. The fraction of sp³-hybridized carbons (Fsp3) is 0.538. The third-order valence-electron chi connectivity index (χ3n) is 3.74. The van der Waals surface area contributed by atoms with Crippen molar-refractivity contribution in [3.8, 4) is 5.75 Å². The Balaban J connectivity index is 2.30. The highest BCUT2D eigenvalue weighted by molar-refractivity contribution is 7.89. The Kier molecular flexibility index (Phi) is 4.99. The Labute approximate surface area is 129 Å². The van der Waals surface area contributed by atoms with Gasteiger partial charge in [-0.25, -0.2) is 13.1 Å². The molecule has 1 fully saturated rings. The Hall–Kier alpha value is -1.71. The fourth-order valence-corrected chi connectivity index (χ4v) is 3.97. The molecule has 1 aromatic carbocycles. The average molecular weight is 329 g/mol. The largest absolute Gasteiger partial charge is 0.495 e. The minimum Gasteiger partial charge on any atom is -0.495 e. The molecule has 2 rings (SSSR count). The molecule has 1 aromatic rings. The molecule has 8 nitrogen and oxygen atoms in total. The van der Waals surface area contributed by atoms with Gasteiger partial charge in [0.1, 0.15) is 10.6 Å². The van der Waals surface area contributed by atoms with Gasteiger partial charge in [0.2, 0.25) is 10.0 Å². The van der Waals surface area contributed by atoms with Gasteiger partial charge in [-0.15, -0.1) is 0 Å². The van der Waals surface area contributed by atoms with E-state index in [1.54, 1.807) is 0 Å². The molecule has 2 atom stereocenters. The summed E-state index contributed by atoms with van der Waals surface area (Å²) in [4.78, 5) is 10.1. The van der Waals surface area contributed by atoms with Gasteiger partial charge < -0.3 is 10.1 Å². The van der Waals surface area contributed by atoms with Crippen LogP contribution in [0.3, 0.4) is 0 Å². The molecule has 1 saturated heterocycles. The maximum absolute atomic E-state index is 12.5. The lowest BCUT2D eigenvalue weighted by molar-refractivity contribution is -0.385. The van der Waals surface area contributed by atoms with Crippen molar-refractivity contribution in [1.29, 1.82) is 0 Å². The summed E-state index contributed by atoms with van der Waals surface area (Å²) in [6, 6.07) is 3.29. The standard InChI is InChI=1S/C13H19N3O5S/c1-9-8-14-6-5-11(9)15-22(19,20)13-4-3-10(16(17)18)7-12(13)21-2/h3-4,7,9,11,14-15H,5-6,8H2,1-2H3. The molecular weight excluding hydrogens is 310 g/mol. The average Bonchev–Trinajstić information content (AvgIpc) is 2.48. The Morgan fingerprint density at radius 3 is 2.77 bits per heavy atom. The van der Waals surface area contributed by atoms with E-state index in [4.69, 9.17) is 4.74 Å². The molecule has 0 saturated carbocycles. The van der Waals surface area contributed by atoms with Gasteiger partial charge in [0.05, 0.1) is 18.1 Å². The van der Waals surface area contributed by atoms with E-state index in [2.05, 4.69) is 10.0 Å². The number of non-ortho nitro benzene ring substituents is 1. The van der Waals surface area contributed by atoms with Crippen LogP contribution in [0.1, 0.15) is 13.3 Å². The number of nitrogens with zero attached hydrogens (tertiary/aromatic N) is 1. The van der Waals surface area contributed by atoms with Gasteiger partial charge in [0.25, 0.3) is 5.69 Å². The SMILES string of the molecule is COc1cc([N+](=O)[O-])ccc1S(=O)(=O)NC1CCNCC1C. The lowest BCUT2D eigenvalue weighted by Crippen LogP contribution is -2.48. The summed E-state index contributed by atoms with van der Waals surface area (Å²) >= 11 is 0. The lowest BCUT2D eigenvalue weighted by Gasteiger charge is -2.30. The number of methoxy groups -OCH3 is 1. The van der Waals surface area contributed by atoms with Crippen LogP contribution in [0.25, 0.3) is 0 Å². The predicted molar refractivity (Wildman–Crippen MR) is 80.4 cm³/mol. The highest BCUT2D eigenvalue weighted by Gasteiger charge is 2.29. The van der Waals surface area contributed by atoms with Crippen molar-refractivity contribution in [3.63, 3.8) is 0 Å². The Bertz CT molecular complexity index is 662. The first-order chi connectivity index (χ1) is 10.3. The smallest absolute Gasteiger partial charge is 0.273 e. The fourth-order valence-electron chi connectivity index (χ4n) is 2.44. The molecule has 122 valence electrons. The second-order valence-corrected chi connectivity index (χ2v) is 6.97. The monoisotopic (exact) mass is 329 g/mol. The van der Waals surface area contributed by atoms with Crippen LogP contribution in [0.15, 0.2) is 23.1 Å². The number of rotatable bonds is 5. The zero-order valence-electron chi connectivity index (χ0n) is 12.4. The van der Waals surface area contributed by atoms with Gasteiger partial charge in [-0.1, -0.05) is 6.92 Å². The van der Waals surface area contributed by atoms with Crippen molar-refractivity contribution in [3.05, 3.63) is 28.3 Å². The van der Waals surface area contributed by atoms with E-state index in [0.29, 0.717) is 6.42 Å². The first kappa shape index (κ1) is 16.7. The van der Waals surface area contributed by atoms with Gasteiger partial charge in [-0.3, -0.25) is 10.1 Å². The highest BCUT2D eigenvalue weighted by atomic mass is 32.2. The van der Waals surface area contributed by atoms with Crippen molar-refractivity contribution >= 4 is 15.7 Å². The van der Waals surface area contributed by atoms with Crippen molar-refractivity contribution in [2.45, 2.75) is 24.3 Å². The van der Waals surface area contributed by atoms with Crippen LogP contribution in [-0.4, -0.2) is 39.6 Å². The quantitative estimate of drug-likeness (QED) is 0.613. The topological polar surface area (TPSA) is 111 Å². The van der Waals surface area contributed by atoms with Gasteiger partial charge >= 0.3 is 0 Å². The highest BCUT2D eigenvalue weighted by Crippen LogP contribution is 2.29. The van der Waals surface area contributed by atoms with Crippen LogP contribution in [0.2, 0.25) is 0 Å². The summed E-state index contributed by atoms with van der Waals surface area (Å²) in [7, 11) is -2.52. The molecule has 0 spiro atoms. The maximum Gasteiger partial charge on any atom is 0.273 e. The molecule has 2 unspecified atom stereocenters. The summed E-state index contributed by atoms with van der Waals surface area (Å²) in [5, 5.41) is 14.0. The third-order valence-corrected chi connectivity index (χ3v) is 5.27. The van der Waals surface area contributed by atoms with Gasteiger partial charge in [-0.05, 0) is 31.5 Å². The Morgan fingerprint density at radius 2 is 2.18 bits per heavy atom. The number of nitro benzene ring substituents is 1. The van der Waals surface area contributed by atoms with Crippen molar-refractivity contribution in [1.82, 2.24) is 10.0 Å². The predicted octanol–water partition coefficient (Wildman–Crippen LogP) is 0.880. The van der Waals surface area contributed by atoms with Crippen LogP contribution >= 0.6 is 0 Å². The van der Waals surface area contributed by atoms with E-state index in [-0.39, 0.29) is 28.3 Å². The summed E-state index contributed by atoms with van der Waals surface area (Å²) in [6.07, 6.45) is 0.690. The van der Waals surface area contributed by atoms with E-state index in [1.807, 2.05) is 6.92 Å². The number of benzene rings is 1. The van der Waals surface area contributed by atoms with Gasteiger partial charge in [-0.2, -0.15) is 0 Å². The molecule has 1 aliphatic rings. The molecule has 0 amide bonds. The molecule has 1 heterocycles. The molecule has 0 aliphatic carbocycles. The Morgan fingerprint density at radius 1 is 1.45 bits per heavy atom. The first-order valence-electron chi connectivity index (χ1n) is 6.90. The number of ether oxygens (including phenoxy) is 1. The van der Waals surface area contributed by atoms with Gasteiger partial charge in [0, 0.05) is 12.1 Å². The maximum atomic E-state index is 12.5. The minimum atomic E-state index is -3.80. The van der Waals surface area contributed by atoms with Crippen LogP contribution < -0.4 is 14.8 Å². The number of piperidine rings is 1. The molecule has 1 aliphatic heterocycles. The second kappa shape index (κ2) is 6.59. The van der Waals surface area contributed by atoms with E-state index in [9.17, 15) is 18.5 Å². The van der Waals surface area contributed by atoms with E-state index in [0.717, 1.165) is 25.2 Å². The third kappa shape index (κ3) is 3.54. The molecule has 0 bridgehead atoms. The number of sulfonamides is 1. The number of nitrogens with one attached hydrogen (secondary N) is 2. The van der Waals surface area contributed by atoms with Crippen molar-refractivity contribution in [2.75, 3.05) is 20.2 Å². The molecular formula is C13H19N3O5S. The summed E-state index contributed by atoms with van der Waals surface area (Å²) in [5.41, 5.74) is -0.217. The normalized spacial score (nSPS) is 22.3. The first-order valence-corrected chi connectivity index (χ1v) is 8.39. The molecule has 2 N–H and O–H groups in total. The van der Waals surface area contributed by atoms with Crippen LogP contribution in [-0.2, 0) is 10.0 Å². The molecule has 22 heavy (non-hydrogen) atoms. The van der Waals surface area contributed by atoms with Crippen molar-refractivity contribution < 1.29 is 18.1 Å². The zero-order valence-corrected chi connectivity index (χ0v) is 13.2. The molecule has 0 radical (unpaired) electrons. The van der Waals surface area contributed by atoms with Crippen LogP contribution in [0.5, 0.6) is 5.75 Å². The van der Waals surface area contributed by atoms with Crippen molar-refractivity contribution in [2.24, 2.45) is 5.92 Å². The summed E-state index contributed by atoms with van der Waals surface area (Å²) in [5.74, 6) is 0.121. The molecule has 9 heteroatoms. The zero-order chi connectivity index (χ0) is 16.3. The lowest BCUT2D eigenvalue weighted by atomic mass is 9.97. The van der Waals surface area contributed by atoms with E-state index in [1.165, 1.54) is 13.2 Å². The summed E-state index contributed by atoms with van der Waals surface area (Å²) in [6.45, 7) is 3.45. The molecule has 0 aromatic heterocycles.